The molecule has 35 heavy (non-hydrogen) atoms. The van der Waals surface area contributed by atoms with Crippen molar-refractivity contribution in [3.05, 3.63) is 63.1 Å². The lowest BCUT2D eigenvalue weighted by Gasteiger charge is -2.42. The smallest absolute Gasteiger partial charge is 0.304 e. The third-order valence-corrected chi connectivity index (χ3v) is 8.28. The van der Waals surface area contributed by atoms with Gasteiger partial charge in [0, 0.05) is 24.2 Å². The fourth-order valence-corrected chi connectivity index (χ4v) is 6.16. The van der Waals surface area contributed by atoms with Crippen LogP contribution >= 0.6 is 23.2 Å². The monoisotopic (exact) mass is 517 g/mol. The van der Waals surface area contributed by atoms with Gasteiger partial charge in [-0.15, -0.1) is 0 Å². The fourth-order valence-electron chi connectivity index (χ4n) is 5.59. The van der Waals surface area contributed by atoms with Gasteiger partial charge in [-0.2, -0.15) is 0 Å². The minimum Gasteiger partial charge on any atom is -0.481 e. The van der Waals surface area contributed by atoms with Crippen molar-refractivity contribution in [1.82, 2.24) is 9.80 Å². The number of anilines is 1. The van der Waals surface area contributed by atoms with Crippen molar-refractivity contribution < 1.29 is 9.90 Å². The van der Waals surface area contributed by atoms with Gasteiger partial charge in [-0.05, 0) is 100.0 Å². The molecule has 2 aliphatic heterocycles. The van der Waals surface area contributed by atoms with Gasteiger partial charge >= 0.3 is 5.97 Å². The highest BCUT2D eigenvalue weighted by Gasteiger charge is 2.29. The van der Waals surface area contributed by atoms with Crippen molar-refractivity contribution in [2.24, 2.45) is 0 Å². The van der Waals surface area contributed by atoms with Crippen molar-refractivity contribution in [3.8, 4) is 0 Å². The van der Waals surface area contributed by atoms with Crippen LogP contribution in [0.5, 0.6) is 0 Å². The van der Waals surface area contributed by atoms with Gasteiger partial charge in [0.1, 0.15) is 0 Å². The van der Waals surface area contributed by atoms with E-state index in [1.807, 2.05) is 19.1 Å². The zero-order valence-corrected chi connectivity index (χ0v) is 22.3. The number of aryl methyl sites for hydroxylation is 1. The largest absolute Gasteiger partial charge is 0.481 e. The van der Waals surface area contributed by atoms with Crippen molar-refractivity contribution >= 4 is 34.9 Å². The summed E-state index contributed by atoms with van der Waals surface area (Å²) >= 11 is 13.1. The lowest BCUT2D eigenvalue weighted by atomic mass is 9.88. The van der Waals surface area contributed by atoms with Crippen LogP contribution in [0.2, 0.25) is 10.0 Å². The van der Waals surface area contributed by atoms with Gasteiger partial charge in [-0.3, -0.25) is 9.69 Å². The van der Waals surface area contributed by atoms with Gasteiger partial charge in [0.05, 0.1) is 23.2 Å². The topological polar surface area (TPSA) is 55.8 Å². The van der Waals surface area contributed by atoms with Crippen LogP contribution in [-0.4, -0.2) is 59.6 Å². The number of nitrogens with zero attached hydrogens (tertiary/aromatic N) is 2. The second-order valence-corrected chi connectivity index (χ2v) is 11.0. The fraction of sp³-hybridized carbons (Fsp3) is 0.536. The zero-order valence-electron chi connectivity index (χ0n) is 20.8. The summed E-state index contributed by atoms with van der Waals surface area (Å²) in [6.07, 6.45) is 4.86. The molecule has 2 atom stereocenters. The van der Waals surface area contributed by atoms with Crippen LogP contribution in [0.25, 0.3) is 0 Å². The zero-order chi connectivity index (χ0) is 24.9. The van der Waals surface area contributed by atoms with Gasteiger partial charge < -0.3 is 15.3 Å². The molecule has 0 aliphatic carbocycles. The minimum absolute atomic E-state index is 0.0491. The Labute approximate surface area is 219 Å². The van der Waals surface area contributed by atoms with Gasteiger partial charge in [0.15, 0.2) is 0 Å². The summed E-state index contributed by atoms with van der Waals surface area (Å²) in [5.74, 6) is -0.185. The number of benzene rings is 2. The molecule has 0 aromatic heterocycles. The first-order valence-electron chi connectivity index (χ1n) is 12.8. The summed E-state index contributed by atoms with van der Waals surface area (Å²) in [5.41, 5.74) is 4.51. The third kappa shape index (κ3) is 6.91. The molecule has 2 heterocycles. The Balaban J connectivity index is 1.35. The van der Waals surface area contributed by atoms with Crippen LogP contribution in [0.4, 0.5) is 5.69 Å². The quantitative estimate of drug-likeness (QED) is 0.413. The molecule has 5 nitrogen and oxygen atoms in total. The lowest BCUT2D eigenvalue weighted by molar-refractivity contribution is -0.137. The Morgan fingerprint density at radius 1 is 1.09 bits per heavy atom. The summed E-state index contributed by atoms with van der Waals surface area (Å²) < 4.78 is 0. The van der Waals surface area contributed by atoms with Crippen LogP contribution in [0.1, 0.15) is 67.7 Å². The molecule has 0 amide bonds. The van der Waals surface area contributed by atoms with Crippen LogP contribution in [0, 0.1) is 6.92 Å². The molecule has 2 saturated heterocycles. The molecular weight excluding hydrogens is 481 g/mol. The van der Waals surface area contributed by atoms with Crippen LogP contribution in [-0.2, 0) is 4.79 Å². The number of carbonyl (C=O) groups is 1. The number of nitrogens with one attached hydrogen (secondary N) is 1. The van der Waals surface area contributed by atoms with E-state index < -0.39 is 5.97 Å². The van der Waals surface area contributed by atoms with Crippen LogP contribution < -0.4 is 5.32 Å². The molecule has 2 aromatic rings. The number of carboxylic acids is 1. The molecule has 2 aliphatic rings. The minimum atomic E-state index is -0.707. The van der Waals surface area contributed by atoms with Gasteiger partial charge in [0.25, 0.3) is 0 Å². The highest BCUT2D eigenvalue weighted by Crippen LogP contribution is 2.36. The van der Waals surface area contributed by atoms with Gasteiger partial charge in [0.2, 0.25) is 0 Å². The molecule has 2 N–H and O–H groups in total. The van der Waals surface area contributed by atoms with Crippen molar-refractivity contribution in [2.45, 2.75) is 64.0 Å². The number of piperidine rings is 2. The highest BCUT2D eigenvalue weighted by atomic mass is 35.5. The maximum absolute atomic E-state index is 10.9. The summed E-state index contributed by atoms with van der Waals surface area (Å²) in [4.78, 5) is 15.9. The molecule has 0 spiro atoms. The predicted molar refractivity (Wildman–Crippen MR) is 145 cm³/mol. The van der Waals surface area contributed by atoms with E-state index in [0.717, 1.165) is 72.3 Å². The number of aliphatic carboxylic acids is 1. The Morgan fingerprint density at radius 2 is 1.86 bits per heavy atom. The van der Waals surface area contributed by atoms with E-state index in [0.29, 0.717) is 18.5 Å². The number of likely N-dealkylation sites (tertiary alicyclic amines) is 2. The van der Waals surface area contributed by atoms with E-state index in [4.69, 9.17) is 28.3 Å². The predicted octanol–water partition coefficient (Wildman–Crippen LogP) is 6.59. The Hall–Kier alpha value is -1.79. The third-order valence-electron chi connectivity index (χ3n) is 7.62. The molecule has 190 valence electrons. The summed E-state index contributed by atoms with van der Waals surface area (Å²) in [5, 5.41) is 14.1. The number of rotatable bonds is 8. The average Bonchev–Trinajstić information content (AvgIpc) is 2.84. The number of halogens is 2. The molecule has 0 bridgehead atoms. The van der Waals surface area contributed by atoms with E-state index in [1.165, 1.54) is 12.0 Å². The Kier molecular flexibility index (Phi) is 8.98. The second kappa shape index (κ2) is 12.0. The van der Waals surface area contributed by atoms with E-state index in [9.17, 15) is 4.79 Å². The van der Waals surface area contributed by atoms with Crippen molar-refractivity contribution in [1.29, 1.82) is 0 Å². The van der Waals surface area contributed by atoms with E-state index in [2.05, 4.69) is 46.3 Å². The first-order valence-corrected chi connectivity index (χ1v) is 13.6. The first kappa shape index (κ1) is 26.3. The lowest BCUT2D eigenvalue weighted by Crippen LogP contribution is -2.50. The Bertz CT molecular complexity index is 1020. The summed E-state index contributed by atoms with van der Waals surface area (Å²) in [6.45, 7) is 9.01. The molecular formula is C28H37Cl2N3O2. The molecule has 0 radical (unpaired) electrons. The SMILES string of the molecule is Cc1ccc(C(C)Nc2cc(C3CCN([C@H]4CCCN(CCC(=O)O)C4)CC3)ccc2Cl)c(Cl)c1. The van der Waals surface area contributed by atoms with E-state index in [1.54, 1.807) is 0 Å². The normalized spacial score (nSPS) is 21.1. The van der Waals surface area contributed by atoms with E-state index in [-0.39, 0.29) is 12.5 Å². The first-order chi connectivity index (χ1) is 16.8. The molecule has 1 unspecified atom stereocenters. The summed E-state index contributed by atoms with van der Waals surface area (Å²) in [7, 11) is 0. The maximum atomic E-state index is 10.9. The van der Waals surface area contributed by atoms with Gasteiger partial charge in [-0.25, -0.2) is 0 Å². The number of hydrogen-bond donors (Lipinski definition) is 2. The maximum Gasteiger partial charge on any atom is 0.304 e. The molecule has 7 heteroatoms. The Morgan fingerprint density at radius 3 is 2.57 bits per heavy atom. The molecule has 2 aromatic carbocycles. The van der Waals surface area contributed by atoms with Crippen molar-refractivity contribution in [3.63, 3.8) is 0 Å². The van der Waals surface area contributed by atoms with Crippen molar-refractivity contribution in [2.75, 3.05) is 38.0 Å². The second-order valence-electron chi connectivity index (χ2n) is 10.2. The van der Waals surface area contributed by atoms with E-state index >= 15 is 0 Å². The highest BCUT2D eigenvalue weighted by molar-refractivity contribution is 6.33. The standard InChI is InChI=1S/C28H37Cl2N3O2/c1-19-5-7-24(26(30)16-19)20(2)31-27-17-22(6-8-25(27)29)21-9-14-33(15-10-21)23-4-3-12-32(18-23)13-11-28(34)35/h5-8,16-17,20-21,23,31H,3-4,9-15,18H2,1-2H3,(H,34,35)/t20?,23-/m0/s1. The average molecular weight is 519 g/mol. The number of carboxylic acid groups (broad SMARTS) is 1. The molecule has 4 rings (SSSR count). The van der Waals surface area contributed by atoms with Crippen LogP contribution in [0.3, 0.4) is 0 Å². The molecule has 2 fully saturated rings. The van der Waals surface area contributed by atoms with Crippen LogP contribution in [0.15, 0.2) is 36.4 Å². The number of hydrogen-bond acceptors (Lipinski definition) is 4. The molecule has 0 saturated carbocycles. The summed E-state index contributed by atoms with van der Waals surface area (Å²) in [6, 6.07) is 13.2. The van der Waals surface area contributed by atoms with Gasteiger partial charge in [-0.1, -0.05) is 41.4 Å².